The van der Waals surface area contributed by atoms with Crippen molar-refractivity contribution in [3.05, 3.63) is 87.6 Å². The van der Waals surface area contributed by atoms with E-state index in [2.05, 4.69) is 15.6 Å². The van der Waals surface area contributed by atoms with Crippen LogP contribution in [0.2, 0.25) is 0 Å². The minimum absolute atomic E-state index is 0.0602. The number of amides is 3. The topological polar surface area (TPSA) is 103 Å². The first-order chi connectivity index (χ1) is 18.9. The second kappa shape index (κ2) is 12.0. The van der Waals surface area contributed by atoms with Crippen molar-refractivity contribution in [3.8, 4) is 0 Å². The van der Waals surface area contributed by atoms with Gasteiger partial charge >= 0.3 is 0 Å². The van der Waals surface area contributed by atoms with E-state index in [1.807, 2.05) is 79.9 Å². The van der Waals surface area contributed by atoms with Crippen LogP contribution in [0.1, 0.15) is 41.3 Å². The van der Waals surface area contributed by atoms with E-state index in [-0.39, 0.29) is 18.2 Å². The summed E-state index contributed by atoms with van der Waals surface area (Å²) in [6, 6.07) is 18.6. The molecule has 0 bridgehead atoms. The van der Waals surface area contributed by atoms with Gasteiger partial charge in [0, 0.05) is 17.0 Å². The molecule has 2 unspecified atom stereocenters. The lowest BCUT2D eigenvalue weighted by Crippen LogP contribution is -2.47. The SMILES string of the molecule is CCC(SC1=Nc2ccccc2C2=NC(=O)C(CC(=O)NCc3cccs3)N12)C(=O)NCc1ccc(C)cc1. The standard InChI is InChI=1S/C29H29N5O3S2/c1-3-24(28(37)31-16-19-12-10-18(2)11-13-19)39-29-32-22-9-5-4-8-21(22)26-33-27(36)23(34(26)29)15-25(35)30-17-20-7-6-14-38-20/h4-14,23-24H,3,15-17H2,1-2H3,(H,30,35)(H,31,37). The molecule has 0 radical (unpaired) electrons. The predicted octanol–water partition coefficient (Wildman–Crippen LogP) is 4.55. The van der Waals surface area contributed by atoms with Gasteiger partial charge in [0.2, 0.25) is 11.8 Å². The molecule has 2 atom stereocenters. The summed E-state index contributed by atoms with van der Waals surface area (Å²) in [5.74, 6) is -0.277. The molecule has 8 nitrogen and oxygen atoms in total. The Hall–Kier alpha value is -3.76. The highest BCUT2D eigenvalue weighted by atomic mass is 32.2. The number of aryl methyl sites for hydroxylation is 1. The van der Waals surface area contributed by atoms with E-state index in [1.165, 1.54) is 11.8 Å². The quantitative estimate of drug-likeness (QED) is 0.400. The van der Waals surface area contributed by atoms with Crippen molar-refractivity contribution in [2.24, 2.45) is 9.98 Å². The maximum Gasteiger partial charge on any atom is 0.271 e. The average Bonchev–Trinajstić information content (AvgIpc) is 3.58. The molecule has 2 aliphatic heterocycles. The molecule has 0 saturated carbocycles. The molecule has 39 heavy (non-hydrogen) atoms. The molecule has 0 aliphatic carbocycles. The number of benzene rings is 2. The summed E-state index contributed by atoms with van der Waals surface area (Å²) >= 11 is 2.86. The maximum absolute atomic E-state index is 13.2. The Morgan fingerprint density at radius 3 is 2.56 bits per heavy atom. The van der Waals surface area contributed by atoms with E-state index in [9.17, 15) is 14.4 Å². The molecule has 2 aliphatic rings. The number of carbonyl (C=O) groups excluding carboxylic acids is 3. The Bertz CT molecular complexity index is 1430. The number of nitrogens with one attached hydrogen (secondary N) is 2. The van der Waals surface area contributed by atoms with Crippen LogP contribution in [0.4, 0.5) is 5.69 Å². The summed E-state index contributed by atoms with van der Waals surface area (Å²) < 4.78 is 0. The fourth-order valence-electron chi connectivity index (χ4n) is 4.39. The molecule has 1 aromatic heterocycles. The van der Waals surface area contributed by atoms with Crippen molar-refractivity contribution >= 4 is 57.5 Å². The van der Waals surface area contributed by atoms with Gasteiger partial charge in [-0.05, 0) is 42.5 Å². The Balaban J connectivity index is 1.33. The molecule has 3 aromatic rings. The largest absolute Gasteiger partial charge is 0.351 e. The number of aliphatic imine (C=N–C) groups is 2. The molecule has 3 amide bonds. The van der Waals surface area contributed by atoms with Gasteiger partial charge in [0.25, 0.3) is 5.91 Å². The van der Waals surface area contributed by atoms with E-state index in [1.54, 1.807) is 16.2 Å². The highest BCUT2D eigenvalue weighted by Gasteiger charge is 2.43. The van der Waals surface area contributed by atoms with E-state index >= 15 is 0 Å². The molecule has 0 spiro atoms. The van der Waals surface area contributed by atoms with Gasteiger partial charge in [-0.3, -0.25) is 19.3 Å². The number of hydrogen-bond acceptors (Lipinski definition) is 7. The zero-order valence-electron chi connectivity index (χ0n) is 21.7. The van der Waals surface area contributed by atoms with Crippen LogP contribution >= 0.6 is 23.1 Å². The van der Waals surface area contributed by atoms with E-state index < -0.39 is 17.2 Å². The number of thiophene rings is 1. The highest BCUT2D eigenvalue weighted by molar-refractivity contribution is 8.15. The van der Waals surface area contributed by atoms with Crippen molar-refractivity contribution in [1.82, 2.24) is 15.5 Å². The molecule has 3 heterocycles. The Kier molecular flexibility index (Phi) is 8.23. The van der Waals surface area contributed by atoms with E-state index in [0.29, 0.717) is 36.2 Å². The van der Waals surface area contributed by atoms with Crippen molar-refractivity contribution < 1.29 is 14.4 Å². The van der Waals surface area contributed by atoms with Crippen LogP contribution in [0.3, 0.4) is 0 Å². The van der Waals surface area contributed by atoms with Crippen LogP contribution in [0.15, 0.2) is 76.0 Å². The summed E-state index contributed by atoms with van der Waals surface area (Å²) in [5, 5.41) is 7.93. The summed E-state index contributed by atoms with van der Waals surface area (Å²) in [7, 11) is 0. The molecular formula is C29H29N5O3S2. The number of fused-ring (bicyclic) bond motifs is 3. The maximum atomic E-state index is 13.2. The zero-order chi connectivity index (χ0) is 27.4. The monoisotopic (exact) mass is 559 g/mol. The van der Waals surface area contributed by atoms with E-state index in [4.69, 9.17) is 4.99 Å². The third-order valence-corrected chi connectivity index (χ3v) is 8.73. The van der Waals surface area contributed by atoms with Gasteiger partial charge in [0.1, 0.15) is 11.9 Å². The fraction of sp³-hybridized carbons (Fsp3) is 0.276. The summed E-state index contributed by atoms with van der Waals surface area (Å²) in [4.78, 5) is 51.0. The lowest BCUT2D eigenvalue weighted by molar-refractivity contribution is -0.126. The lowest BCUT2D eigenvalue weighted by atomic mass is 10.1. The number of hydrogen-bond donors (Lipinski definition) is 2. The molecule has 0 saturated heterocycles. The highest BCUT2D eigenvalue weighted by Crippen LogP contribution is 2.36. The third-order valence-electron chi connectivity index (χ3n) is 6.53. The Morgan fingerprint density at radius 1 is 1.03 bits per heavy atom. The molecular weight excluding hydrogens is 530 g/mol. The first kappa shape index (κ1) is 26.8. The van der Waals surface area contributed by atoms with Crippen LogP contribution in [0.5, 0.6) is 0 Å². The van der Waals surface area contributed by atoms with Crippen LogP contribution in [-0.2, 0) is 27.5 Å². The molecule has 200 valence electrons. The predicted molar refractivity (Wildman–Crippen MR) is 156 cm³/mol. The average molecular weight is 560 g/mol. The van der Waals surface area contributed by atoms with Crippen molar-refractivity contribution in [2.45, 2.75) is 51.1 Å². The van der Waals surface area contributed by atoms with Crippen LogP contribution in [0.25, 0.3) is 0 Å². The number of carbonyl (C=O) groups is 3. The normalized spacial score (nSPS) is 16.6. The number of thioether (sulfide) groups is 1. The van der Waals surface area contributed by atoms with Gasteiger partial charge in [-0.2, -0.15) is 4.99 Å². The minimum Gasteiger partial charge on any atom is -0.351 e. The molecule has 0 fully saturated rings. The molecule has 2 N–H and O–H groups in total. The molecule has 10 heteroatoms. The van der Waals surface area contributed by atoms with Gasteiger partial charge < -0.3 is 10.6 Å². The molecule has 2 aromatic carbocycles. The van der Waals surface area contributed by atoms with Gasteiger partial charge in [-0.25, -0.2) is 4.99 Å². The summed E-state index contributed by atoms with van der Waals surface area (Å²) in [5.41, 5.74) is 3.59. The summed E-state index contributed by atoms with van der Waals surface area (Å²) in [6.45, 7) is 4.80. The van der Waals surface area contributed by atoms with E-state index in [0.717, 1.165) is 21.6 Å². The van der Waals surface area contributed by atoms with Crippen LogP contribution < -0.4 is 10.6 Å². The smallest absolute Gasteiger partial charge is 0.271 e. The Labute approximate surface area is 235 Å². The number of rotatable bonds is 9. The van der Waals surface area contributed by atoms with Crippen LogP contribution in [0, 0.1) is 6.92 Å². The number of para-hydroxylation sites is 1. The number of amidine groups is 2. The Morgan fingerprint density at radius 2 is 1.82 bits per heavy atom. The molecule has 5 rings (SSSR count). The first-order valence-corrected chi connectivity index (χ1v) is 14.6. The van der Waals surface area contributed by atoms with Crippen LogP contribution in [-0.4, -0.2) is 44.9 Å². The van der Waals surface area contributed by atoms with Gasteiger partial charge in [0.15, 0.2) is 5.17 Å². The van der Waals surface area contributed by atoms with Crippen molar-refractivity contribution in [1.29, 1.82) is 0 Å². The third kappa shape index (κ3) is 6.12. The minimum atomic E-state index is -0.823. The fourth-order valence-corrected chi connectivity index (χ4v) is 6.12. The lowest BCUT2D eigenvalue weighted by Gasteiger charge is -2.32. The van der Waals surface area contributed by atoms with Crippen molar-refractivity contribution in [3.63, 3.8) is 0 Å². The van der Waals surface area contributed by atoms with Gasteiger partial charge in [-0.1, -0.05) is 66.7 Å². The van der Waals surface area contributed by atoms with Gasteiger partial charge in [-0.15, -0.1) is 11.3 Å². The zero-order valence-corrected chi connectivity index (χ0v) is 23.3. The second-order valence-electron chi connectivity index (χ2n) is 9.35. The van der Waals surface area contributed by atoms with Crippen molar-refractivity contribution in [2.75, 3.05) is 0 Å². The van der Waals surface area contributed by atoms with Gasteiger partial charge in [0.05, 0.1) is 23.9 Å². The summed E-state index contributed by atoms with van der Waals surface area (Å²) in [6.07, 6.45) is 0.501. The first-order valence-electron chi connectivity index (χ1n) is 12.8. The second-order valence-corrected chi connectivity index (χ2v) is 11.6. The number of nitrogens with zero attached hydrogens (tertiary/aromatic N) is 3.